The Morgan fingerprint density at radius 1 is 1.24 bits per heavy atom. The second kappa shape index (κ2) is 6.00. The topological polar surface area (TPSA) is 17.1 Å². The summed E-state index contributed by atoms with van der Waals surface area (Å²) in [6.45, 7) is 2.16. The lowest BCUT2D eigenvalue weighted by Crippen LogP contribution is -2.17. The van der Waals surface area contributed by atoms with Gasteiger partial charge in [0.05, 0.1) is 0 Å². The molecule has 0 N–H and O–H groups in total. The third-order valence-corrected chi connectivity index (χ3v) is 4.16. The van der Waals surface area contributed by atoms with Gasteiger partial charge in [0.1, 0.15) is 6.29 Å². The van der Waals surface area contributed by atoms with Crippen molar-refractivity contribution in [2.75, 3.05) is 0 Å². The predicted octanol–water partition coefficient (Wildman–Crippen LogP) is 4.25. The van der Waals surface area contributed by atoms with Crippen molar-refractivity contribution in [2.45, 2.75) is 51.4 Å². The van der Waals surface area contributed by atoms with Gasteiger partial charge in [0.25, 0.3) is 0 Å². The number of benzene rings is 1. The molecule has 0 radical (unpaired) electrons. The van der Waals surface area contributed by atoms with Gasteiger partial charge in [-0.15, -0.1) is 0 Å². The van der Waals surface area contributed by atoms with Crippen molar-refractivity contribution in [3.05, 3.63) is 35.4 Å². The van der Waals surface area contributed by atoms with E-state index in [9.17, 15) is 4.79 Å². The van der Waals surface area contributed by atoms with E-state index in [4.69, 9.17) is 0 Å². The smallest absolute Gasteiger partial charge is 0.120 e. The van der Waals surface area contributed by atoms with Crippen molar-refractivity contribution in [1.29, 1.82) is 0 Å². The highest BCUT2D eigenvalue weighted by molar-refractivity contribution is 5.52. The van der Waals surface area contributed by atoms with E-state index in [1.54, 1.807) is 0 Å². The summed E-state index contributed by atoms with van der Waals surface area (Å²) in [5.41, 5.74) is 2.73. The Kier molecular flexibility index (Phi) is 4.36. The first kappa shape index (κ1) is 12.3. The Morgan fingerprint density at radius 2 is 1.94 bits per heavy atom. The summed E-state index contributed by atoms with van der Waals surface area (Å²) in [4.78, 5) is 10.9. The first-order valence-corrected chi connectivity index (χ1v) is 6.82. The van der Waals surface area contributed by atoms with Crippen LogP contribution in [-0.2, 0) is 4.79 Å². The third kappa shape index (κ3) is 2.96. The van der Waals surface area contributed by atoms with Crippen molar-refractivity contribution in [1.82, 2.24) is 0 Å². The van der Waals surface area contributed by atoms with Crippen LogP contribution in [0.5, 0.6) is 0 Å². The monoisotopic (exact) mass is 230 g/mol. The van der Waals surface area contributed by atoms with Crippen LogP contribution in [0.15, 0.2) is 24.3 Å². The number of carbonyl (C=O) groups excluding carboxylic acids is 1. The van der Waals surface area contributed by atoms with E-state index < -0.39 is 0 Å². The molecule has 17 heavy (non-hydrogen) atoms. The zero-order chi connectivity index (χ0) is 12.1. The van der Waals surface area contributed by atoms with Gasteiger partial charge in [-0.25, -0.2) is 0 Å². The molecule has 1 aromatic carbocycles. The Morgan fingerprint density at radius 3 is 2.59 bits per heavy atom. The maximum Gasteiger partial charge on any atom is 0.120 e. The summed E-state index contributed by atoms with van der Waals surface area (Å²) in [6, 6.07) is 8.55. The van der Waals surface area contributed by atoms with Crippen LogP contribution in [0.2, 0.25) is 0 Å². The number of rotatable bonds is 4. The molecule has 1 aromatic rings. The maximum absolute atomic E-state index is 10.9. The van der Waals surface area contributed by atoms with Crippen LogP contribution in [-0.4, -0.2) is 6.29 Å². The molecule has 1 nitrogen and oxygen atoms in total. The fourth-order valence-corrected chi connectivity index (χ4v) is 3.22. The van der Waals surface area contributed by atoms with E-state index >= 15 is 0 Å². The van der Waals surface area contributed by atoms with Crippen molar-refractivity contribution >= 4 is 6.29 Å². The predicted molar refractivity (Wildman–Crippen MR) is 71.2 cm³/mol. The molecular formula is C16H22O. The average molecular weight is 230 g/mol. The van der Waals surface area contributed by atoms with Crippen LogP contribution in [0.1, 0.15) is 55.6 Å². The molecular weight excluding hydrogens is 208 g/mol. The second-order valence-electron chi connectivity index (χ2n) is 5.26. The van der Waals surface area contributed by atoms with Crippen LogP contribution < -0.4 is 0 Å². The van der Waals surface area contributed by atoms with E-state index in [0.29, 0.717) is 12.3 Å². The molecule has 1 heteroatoms. The average Bonchev–Trinajstić information content (AvgIpc) is 2.38. The zero-order valence-electron chi connectivity index (χ0n) is 10.7. The van der Waals surface area contributed by atoms with Gasteiger partial charge in [-0.05, 0) is 42.7 Å². The van der Waals surface area contributed by atoms with Gasteiger partial charge in [-0.1, -0.05) is 43.5 Å². The number of hydrogen-bond acceptors (Lipinski definition) is 1. The van der Waals surface area contributed by atoms with E-state index in [1.807, 2.05) is 0 Å². The van der Waals surface area contributed by atoms with Crippen molar-refractivity contribution in [3.8, 4) is 0 Å². The molecule has 0 amide bonds. The third-order valence-electron chi connectivity index (χ3n) is 4.16. The Hall–Kier alpha value is -1.11. The first-order valence-electron chi connectivity index (χ1n) is 6.82. The molecule has 1 atom stereocenters. The minimum atomic E-state index is 0.453. The van der Waals surface area contributed by atoms with E-state index in [2.05, 4.69) is 31.2 Å². The Labute approximate surface area is 104 Å². The summed E-state index contributed by atoms with van der Waals surface area (Å²) < 4.78 is 0. The molecule has 0 aliphatic heterocycles. The quantitative estimate of drug-likeness (QED) is 0.707. The van der Waals surface area contributed by atoms with E-state index in [-0.39, 0.29) is 0 Å². The normalized spacial score (nSPS) is 18.9. The summed E-state index contributed by atoms with van der Waals surface area (Å²) >= 11 is 0. The molecule has 92 valence electrons. The molecule has 2 rings (SSSR count). The van der Waals surface area contributed by atoms with Crippen LogP contribution in [0, 0.1) is 12.8 Å². The SMILES string of the molecule is Cc1ccccc1C(CC=O)C1CCCCC1. The minimum Gasteiger partial charge on any atom is -0.303 e. The van der Waals surface area contributed by atoms with Gasteiger partial charge in [0.2, 0.25) is 0 Å². The first-order chi connectivity index (χ1) is 8.33. The van der Waals surface area contributed by atoms with Gasteiger partial charge in [0.15, 0.2) is 0 Å². The van der Waals surface area contributed by atoms with Gasteiger partial charge < -0.3 is 4.79 Å². The number of aldehydes is 1. The van der Waals surface area contributed by atoms with Crippen LogP contribution in [0.4, 0.5) is 0 Å². The van der Waals surface area contributed by atoms with Crippen LogP contribution >= 0.6 is 0 Å². The van der Waals surface area contributed by atoms with Gasteiger partial charge in [-0.2, -0.15) is 0 Å². The summed E-state index contributed by atoms with van der Waals surface area (Å²) in [6.07, 6.45) is 8.44. The standard InChI is InChI=1S/C16H22O/c1-13-7-5-6-10-15(13)16(11-12-17)14-8-3-2-4-9-14/h5-7,10,12,14,16H,2-4,8-9,11H2,1H3. The minimum absolute atomic E-state index is 0.453. The molecule has 0 heterocycles. The van der Waals surface area contributed by atoms with Crippen molar-refractivity contribution < 1.29 is 4.79 Å². The molecule has 0 saturated heterocycles. The second-order valence-corrected chi connectivity index (χ2v) is 5.26. The highest BCUT2D eigenvalue weighted by Gasteiger charge is 2.25. The maximum atomic E-state index is 10.9. The van der Waals surface area contributed by atoms with Crippen LogP contribution in [0.25, 0.3) is 0 Å². The lowest BCUT2D eigenvalue weighted by molar-refractivity contribution is -0.108. The summed E-state index contributed by atoms with van der Waals surface area (Å²) in [5, 5.41) is 0. The van der Waals surface area contributed by atoms with E-state index in [0.717, 1.165) is 12.2 Å². The molecule has 0 aromatic heterocycles. The molecule has 1 saturated carbocycles. The number of aryl methyl sites for hydroxylation is 1. The molecule has 1 aliphatic carbocycles. The Balaban J connectivity index is 2.21. The fraction of sp³-hybridized carbons (Fsp3) is 0.562. The Bertz CT molecular complexity index is 364. The van der Waals surface area contributed by atoms with Crippen molar-refractivity contribution in [2.24, 2.45) is 5.92 Å². The number of carbonyl (C=O) groups is 1. The molecule has 1 unspecified atom stereocenters. The van der Waals surface area contributed by atoms with Gasteiger partial charge in [-0.3, -0.25) is 0 Å². The zero-order valence-corrected chi connectivity index (χ0v) is 10.7. The van der Waals surface area contributed by atoms with Gasteiger partial charge >= 0.3 is 0 Å². The largest absolute Gasteiger partial charge is 0.303 e. The lowest BCUT2D eigenvalue weighted by atomic mass is 9.74. The fourth-order valence-electron chi connectivity index (χ4n) is 3.22. The molecule has 1 aliphatic rings. The highest BCUT2D eigenvalue weighted by Crippen LogP contribution is 2.38. The molecule has 0 spiro atoms. The molecule has 1 fully saturated rings. The highest BCUT2D eigenvalue weighted by atomic mass is 16.1. The van der Waals surface area contributed by atoms with Crippen LogP contribution in [0.3, 0.4) is 0 Å². The van der Waals surface area contributed by atoms with Gasteiger partial charge in [0, 0.05) is 6.42 Å². The summed E-state index contributed by atoms with van der Waals surface area (Å²) in [5.74, 6) is 1.17. The van der Waals surface area contributed by atoms with E-state index in [1.165, 1.54) is 43.2 Å². The van der Waals surface area contributed by atoms with Crippen molar-refractivity contribution in [3.63, 3.8) is 0 Å². The molecule has 0 bridgehead atoms. The summed E-state index contributed by atoms with van der Waals surface area (Å²) in [7, 11) is 0. The lowest BCUT2D eigenvalue weighted by Gasteiger charge is -2.30. The number of hydrogen-bond donors (Lipinski definition) is 0.